The van der Waals surface area contributed by atoms with Crippen LogP contribution in [0.2, 0.25) is 0 Å². The standard InChI is InChI=1S/C24H26FN3O4/c1-32-17-8-6-16(7-9-17)22(29)20-21(18-4-2-3-5-19(18)25)28(24(31)23(20)30)15-14-27-12-10-26-11-13-27/h2-9,20-21,26H,10-15H2,1H3/p+2. The molecule has 2 aliphatic heterocycles. The minimum absolute atomic E-state index is 0.195. The van der Waals surface area contributed by atoms with Crippen LogP contribution in [-0.4, -0.2) is 68.8 Å². The van der Waals surface area contributed by atoms with Gasteiger partial charge in [-0.3, -0.25) is 14.4 Å². The predicted octanol–water partition coefficient (Wildman–Crippen LogP) is -0.752. The summed E-state index contributed by atoms with van der Waals surface area (Å²) in [6.07, 6.45) is 0. The highest BCUT2D eigenvalue weighted by atomic mass is 19.1. The second-order valence-electron chi connectivity index (χ2n) is 8.27. The number of ether oxygens (including phenoxy) is 1. The van der Waals surface area contributed by atoms with E-state index in [4.69, 9.17) is 4.74 Å². The van der Waals surface area contributed by atoms with Crippen LogP contribution in [0, 0.1) is 11.7 Å². The molecular formula is C24H28FN3O4+2. The fraction of sp³-hybridized carbons (Fsp3) is 0.375. The number of amides is 1. The van der Waals surface area contributed by atoms with Crippen LogP contribution >= 0.6 is 0 Å². The molecule has 32 heavy (non-hydrogen) atoms. The average Bonchev–Trinajstić information content (AvgIpc) is 3.08. The molecule has 2 unspecified atom stereocenters. The van der Waals surface area contributed by atoms with Gasteiger partial charge in [0.25, 0.3) is 5.91 Å². The van der Waals surface area contributed by atoms with E-state index in [2.05, 4.69) is 5.32 Å². The van der Waals surface area contributed by atoms with Crippen molar-refractivity contribution in [2.75, 3.05) is 46.4 Å². The summed E-state index contributed by atoms with van der Waals surface area (Å²) in [5, 5.41) is 2.25. The summed E-state index contributed by atoms with van der Waals surface area (Å²) in [7, 11) is 1.52. The van der Waals surface area contributed by atoms with Crippen molar-refractivity contribution in [3.63, 3.8) is 0 Å². The first kappa shape index (κ1) is 22.1. The highest BCUT2D eigenvalue weighted by Gasteiger charge is 2.52. The van der Waals surface area contributed by atoms with E-state index in [0.29, 0.717) is 18.8 Å². The van der Waals surface area contributed by atoms with Gasteiger partial charge in [0.15, 0.2) is 5.78 Å². The van der Waals surface area contributed by atoms with E-state index in [1.807, 2.05) is 0 Å². The van der Waals surface area contributed by atoms with E-state index >= 15 is 0 Å². The molecule has 2 fully saturated rings. The Hall–Kier alpha value is -3.10. The van der Waals surface area contributed by atoms with Gasteiger partial charge in [-0.05, 0) is 30.3 Å². The highest BCUT2D eigenvalue weighted by Crippen LogP contribution is 2.39. The van der Waals surface area contributed by atoms with Crippen LogP contribution in [0.15, 0.2) is 48.5 Å². The first-order chi connectivity index (χ1) is 15.5. The number of benzene rings is 2. The molecule has 3 N–H and O–H groups in total. The largest absolute Gasteiger partial charge is 0.497 e. The van der Waals surface area contributed by atoms with Gasteiger partial charge in [0.2, 0.25) is 5.78 Å². The van der Waals surface area contributed by atoms with E-state index < -0.39 is 35.3 Å². The van der Waals surface area contributed by atoms with Crippen LogP contribution in [0.25, 0.3) is 0 Å². The van der Waals surface area contributed by atoms with E-state index in [0.717, 1.165) is 26.2 Å². The minimum atomic E-state index is -1.28. The lowest BCUT2D eigenvalue weighted by atomic mass is 9.86. The van der Waals surface area contributed by atoms with Gasteiger partial charge < -0.3 is 19.9 Å². The van der Waals surface area contributed by atoms with Crippen LogP contribution in [0.4, 0.5) is 4.39 Å². The maximum Gasteiger partial charge on any atom is 0.291 e. The Morgan fingerprint density at radius 1 is 1.12 bits per heavy atom. The molecule has 2 aliphatic rings. The number of nitrogens with zero attached hydrogens (tertiary/aromatic N) is 1. The lowest BCUT2D eigenvalue weighted by Crippen LogP contribution is -3.20. The summed E-state index contributed by atoms with van der Waals surface area (Å²) in [5.41, 5.74) is 0.484. The lowest BCUT2D eigenvalue weighted by molar-refractivity contribution is -0.946. The van der Waals surface area contributed by atoms with Crippen LogP contribution in [-0.2, 0) is 9.59 Å². The molecule has 2 aromatic carbocycles. The molecule has 2 atom stereocenters. The highest BCUT2D eigenvalue weighted by molar-refractivity contribution is 6.44. The van der Waals surface area contributed by atoms with Crippen LogP contribution in [0.5, 0.6) is 5.75 Å². The maximum absolute atomic E-state index is 14.8. The van der Waals surface area contributed by atoms with Crippen molar-refractivity contribution in [1.29, 1.82) is 0 Å². The van der Waals surface area contributed by atoms with Crippen molar-refractivity contribution in [2.45, 2.75) is 6.04 Å². The number of quaternary nitrogens is 2. The van der Waals surface area contributed by atoms with Gasteiger partial charge in [-0.15, -0.1) is 0 Å². The summed E-state index contributed by atoms with van der Waals surface area (Å²) in [6.45, 7) is 4.91. The van der Waals surface area contributed by atoms with Crippen molar-refractivity contribution in [1.82, 2.24) is 4.90 Å². The fourth-order valence-electron chi connectivity index (χ4n) is 4.63. The summed E-state index contributed by atoms with van der Waals surface area (Å²) in [6, 6.07) is 11.5. The number of nitrogens with two attached hydrogens (primary N) is 1. The lowest BCUT2D eigenvalue weighted by Gasteiger charge is -2.29. The Bertz CT molecular complexity index is 1000. The van der Waals surface area contributed by atoms with Gasteiger partial charge in [-0.1, -0.05) is 18.2 Å². The normalized spacial score (nSPS) is 21.8. The molecule has 2 heterocycles. The van der Waals surface area contributed by atoms with Crippen LogP contribution < -0.4 is 15.0 Å². The third kappa shape index (κ3) is 4.28. The molecule has 168 valence electrons. The summed E-state index contributed by atoms with van der Waals surface area (Å²) in [5.74, 6) is -3.21. The zero-order valence-electron chi connectivity index (χ0n) is 18.1. The molecule has 0 bridgehead atoms. The first-order valence-electron chi connectivity index (χ1n) is 10.9. The molecule has 7 nitrogen and oxygen atoms in total. The molecule has 0 aromatic heterocycles. The Morgan fingerprint density at radius 3 is 2.47 bits per heavy atom. The number of halogens is 1. The maximum atomic E-state index is 14.8. The van der Waals surface area contributed by atoms with E-state index in [9.17, 15) is 18.8 Å². The van der Waals surface area contributed by atoms with E-state index in [-0.39, 0.29) is 11.1 Å². The number of piperazine rings is 1. The third-order valence-corrected chi connectivity index (χ3v) is 6.40. The number of rotatable bonds is 7. The Labute approximate surface area is 186 Å². The number of Topliss-reactive ketones (excluding diaryl/α,β-unsaturated/α-hetero) is 2. The number of hydrogen-bond donors (Lipinski definition) is 2. The summed E-state index contributed by atoms with van der Waals surface area (Å²) >= 11 is 0. The average molecular weight is 442 g/mol. The Balaban J connectivity index is 1.67. The predicted molar refractivity (Wildman–Crippen MR) is 114 cm³/mol. The molecule has 0 saturated carbocycles. The number of carbonyl (C=O) groups is 3. The zero-order valence-corrected chi connectivity index (χ0v) is 18.1. The number of methoxy groups -OCH3 is 1. The zero-order chi connectivity index (χ0) is 22.7. The fourth-order valence-corrected chi connectivity index (χ4v) is 4.63. The van der Waals surface area contributed by atoms with Crippen LogP contribution in [0.3, 0.4) is 0 Å². The molecule has 0 radical (unpaired) electrons. The molecule has 8 heteroatoms. The van der Waals surface area contributed by atoms with Crippen molar-refractivity contribution in [3.05, 3.63) is 65.5 Å². The molecule has 2 saturated heterocycles. The van der Waals surface area contributed by atoms with Crippen molar-refractivity contribution in [3.8, 4) is 5.75 Å². The number of hydrogen-bond acceptors (Lipinski definition) is 4. The summed E-state index contributed by atoms with van der Waals surface area (Å²) < 4.78 is 19.9. The second-order valence-corrected chi connectivity index (χ2v) is 8.27. The van der Waals surface area contributed by atoms with Crippen LogP contribution in [0.1, 0.15) is 22.0 Å². The second kappa shape index (κ2) is 9.58. The Kier molecular flexibility index (Phi) is 6.62. The molecule has 0 spiro atoms. The van der Waals surface area contributed by atoms with Crippen molar-refractivity contribution < 1.29 is 33.7 Å². The molecule has 0 aliphatic carbocycles. The van der Waals surface area contributed by atoms with Gasteiger partial charge in [-0.25, -0.2) is 4.39 Å². The molecule has 4 rings (SSSR count). The minimum Gasteiger partial charge on any atom is -0.497 e. The SMILES string of the molecule is COc1ccc(C(=O)C2C(=O)C(=O)N(CC[NH+]3CC[NH2+]CC3)C2c2ccccc2F)cc1. The topological polar surface area (TPSA) is 84.7 Å². The van der Waals surface area contributed by atoms with Gasteiger partial charge in [-0.2, -0.15) is 0 Å². The third-order valence-electron chi connectivity index (χ3n) is 6.40. The molecule has 1 amide bonds. The first-order valence-corrected chi connectivity index (χ1v) is 10.9. The number of carbonyl (C=O) groups excluding carboxylic acids is 3. The van der Waals surface area contributed by atoms with Gasteiger partial charge >= 0.3 is 0 Å². The van der Waals surface area contributed by atoms with Crippen molar-refractivity contribution >= 4 is 17.5 Å². The quantitative estimate of drug-likeness (QED) is 0.336. The van der Waals surface area contributed by atoms with Crippen molar-refractivity contribution in [2.24, 2.45) is 5.92 Å². The smallest absolute Gasteiger partial charge is 0.291 e. The number of likely N-dealkylation sites (tertiary alicyclic amines) is 1. The number of nitrogens with one attached hydrogen (secondary N) is 1. The molecule has 2 aromatic rings. The summed E-state index contributed by atoms with van der Waals surface area (Å²) in [4.78, 5) is 42.1. The number of ketones is 2. The Morgan fingerprint density at radius 2 is 1.81 bits per heavy atom. The van der Waals surface area contributed by atoms with E-state index in [1.54, 1.807) is 42.5 Å². The van der Waals surface area contributed by atoms with E-state index in [1.165, 1.54) is 23.0 Å². The van der Waals surface area contributed by atoms with Gasteiger partial charge in [0, 0.05) is 11.1 Å². The molecular weight excluding hydrogens is 413 g/mol. The van der Waals surface area contributed by atoms with Gasteiger partial charge in [0.05, 0.1) is 26.2 Å². The van der Waals surface area contributed by atoms with Gasteiger partial charge in [0.1, 0.15) is 43.7 Å². The monoisotopic (exact) mass is 441 g/mol.